The Morgan fingerprint density at radius 1 is 0.958 bits per heavy atom. The summed E-state index contributed by atoms with van der Waals surface area (Å²) in [4.78, 5) is 45.4. The molecule has 0 aliphatic heterocycles. The summed E-state index contributed by atoms with van der Waals surface area (Å²) >= 11 is 0. The number of esters is 2. The number of allylic oxidation sites excluding steroid dienone is 4. The van der Waals surface area contributed by atoms with Gasteiger partial charge in [0.2, 0.25) is 0 Å². The van der Waals surface area contributed by atoms with Gasteiger partial charge in [0.05, 0.1) is 0 Å². The average molecular weight is 328 g/mol. The van der Waals surface area contributed by atoms with E-state index >= 15 is 0 Å². The van der Waals surface area contributed by atoms with E-state index in [0.717, 1.165) is 0 Å². The Labute approximate surface area is 138 Å². The van der Waals surface area contributed by atoms with E-state index in [0.29, 0.717) is 24.0 Å². The second-order valence-corrected chi connectivity index (χ2v) is 5.23. The first kappa shape index (κ1) is 17.3. The molecule has 6 heteroatoms. The molecule has 2 rings (SSSR count). The SMILES string of the molecule is CC(=O)Oc1ccc(CCC2=CC(=O)C=CC2=O)c(OC(C)=O)c1. The zero-order chi connectivity index (χ0) is 17.7. The van der Waals surface area contributed by atoms with Crippen molar-refractivity contribution >= 4 is 23.5 Å². The molecule has 0 saturated carbocycles. The zero-order valence-electron chi connectivity index (χ0n) is 13.3. The van der Waals surface area contributed by atoms with Gasteiger partial charge in [-0.2, -0.15) is 0 Å². The lowest BCUT2D eigenvalue weighted by molar-refractivity contribution is -0.132. The van der Waals surface area contributed by atoms with Crippen LogP contribution in [0.2, 0.25) is 0 Å². The van der Waals surface area contributed by atoms with Crippen LogP contribution < -0.4 is 9.47 Å². The number of benzene rings is 1. The van der Waals surface area contributed by atoms with Gasteiger partial charge in [0.15, 0.2) is 11.6 Å². The standard InChI is InChI=1S/C18H16O6/c1-11(19)23-16-7-5-13(18(10-16)24-12(2)20)3-4-14-9-15(21)6-8-17(14)22/h5-10H,3-4H2,1-2H3. The second kappa shape index (κ2) is 7.50. The fourth-order valence-electron chi connectivity index (χ4n) is 2.24. The Morgan fingerprint density at radius 2 is 1.67 bits per heavy atom. The summed E-state index contributed by atoms with van der Waals surface area (Å²) in [6, 6.07) is 4.67. The van der Waals surface area contributed by atoms with Crippen molar-refractivity contribution in [2.24, 2.45) is 0 Å². The summed E-state index contributed by atoms with van der Waals surface area (Å²) in [5, 5.41) is 0. The second-order valence-electron chi connectivity index (χ2n) is 5.23. The highest BCUT2D eigenvalue weighted by Crippen LogP contribution is 2.27. The summed E-state index contributed by atoms with van der Waals surface area (Å²) in [6.45, 7) is 2.53. The lowest BCUT2D eigenvalue weighted by atomic mass is 9.96. The molecule has 0 N–H and O–H groups in total. The smallest absolute Gasteiger partial charge is 0.308 e. The summed E-state index contributed by atoms with van der Waals surface area (Å²) in [7, 11) is 0. The lowest BCUT2D eigenvalue weighted by Gasteiger charge is -2.12. The van der Waals surface area contributed by atoms with Crippen LogP contribution in [0, 0.1) is 0 Å². The van der Waals surface area contributed by atoms with Crippen molar-refractivity contribution in [3.63, 3.8) is 0 Å². The number of ketones is 2. The van der Waals surface area contributed by atoms with Crippen molar-refractivity contribution in [2.45, 2.75) is 26.7 Å². The molecule has 0 bridgehead atoms. The van der Waals surface area contributed by atoms with Gasteiger partial charge >= 0.3 is 11.9 Å². The molecule has 6 nitrogen and oxygen atoms in total. The first-order chi connectivity index (χ1) is 11.3. The van der Waals surface area contributed by atoms with Gasteiger partial charge in [0.25, 0.3) is 0 Å². The van der Waals surface area contributed by atoms with E-state index in [-0.39, 0.29) is 23.1 Å². The molecule has 1 aromatic rings. The van der Waals surface area contributed by atoms with Gasteiger partial charge in [-0.15, -0.1) is 0 Å². The minimum Gasteiger partial charge on any atom is -0.427 e. The zero-order valence-corrected chi connectivity index (χ0v) is 13.3. The minimum atomic E-state index is -0.512. The largest absolute Gasteiger partial charge is 0.427 e. The molecular weight excluding hydrogens is 312 g/mol. The van der Waals surface area contributed by atoms with E-state index in [1.54, 1.807) is 12.1 Å². The molecule has 0 aromatic heterocycles. The summed E-state index contributed by atoms with van der Waals surface area (Å²) in [5.74, 6) is -0.919. The molecule has 0 unspecified atom stereocenters. The van der Waals surface area contributed by atoms with Crippen LogP contribution in [0.15, 0.2) is 42.0 Å². The monoisotopic (exact) mass is 328 g/mol. The van der Waals surface area contributed by atoms with Gasteiger partial charge in [-0.25, -0.2) is 0 Å². The summed E-state index contributed by atoms with van der Waals surface area (Å²) in [6.07, 6.45) is 4.50. The molecular formula is C18H16O6. The molecule has 1 aromatic carbocycles. The third-order valence-corrected chi connectivity index (χ3v) is 3.25. The van der Waals surface area contributed by atoms with Crippen LogP contribution in [-0.4, -0.2) is 23.5 Å². The van der Waals surface area contributed by atoms with Gasteiger partial charge in [-0.3, -0.25) is 19.2 Å². The van der Waals surface area contributed by atoms with E-state index in [9.17, 15) is 19.2 Å². The number of carbonyl (C=O) groups is 4. The number of ether oxygens (including phenoxy) is 2. The molecule has 1 aliphatic carbocycles. The fraction of sp³-hybridized carbons (Fsp3) is 0.222. The van der Waals surface area contributed by atoms with Gasteiger partial charge < -0.3 is 9.47 Å². The highest BCUT2D eigenvalue weighted by Gasteiger charge is 2.15. The Bertz CT molecular complexity index is 770. The Hall–Kier alpha value is -3.02. The van der Waals surface area contributed by atoms with Gasteiger partial charge in [-0.05, 0) is 42.7 Å². The van der Waals surface area contributed by atoms with E-state index in [1.165, 1.54) is 38.1 Å². The maximum atomic E-state index is 11.7. The van der Waals surface area contributed by atoms with Crippen molar-refractivity contribution in [1.29, 1.82) is 0 Å². The predicted octanol–water partition coefficient (Wildman–Crippen LogP) is 2.10. The van der Waals surface area contributed by atoms with Crippen LogP contribution >= 0.6 is 0 Å². The van der Waals surface area contributed by atoms with Crippen LogP contribution in [-0.2, 0) is 25.6 Å². The Kier molecular flexibility index (Phi) is 5.42. The number of carbonyl (C=O) groups excluding carboxylic acids is 4. The molecule has 124 valence electrons. The Morgan fingerprint density at radius 3 is 2.33 bits per heavy atom. The van der Waals surface area contributed by atoms with Crippen molar-refractivity contribution in [3.8, 4) is 11.5 Å². The molecule has 0 radical (unpaired) electrons. The third kappa shape index (κ3) is 4.74. The highest BCUT2D eigenvalue weighted by atomic mass is 16.5. The van der Waals surface area contributed by atoms with Gasteiger partial charge in [0, 0.05) is 25.5 Å². The minimum absolute atomic E-state index is 0.208. The average Bonchev–Trinajstić information content (AvgIpc) is 2.48. The molecule has 0 fully saturated rings. The molecule has 24 heavy (non-hydrogen) atoms. The predicted molar refractivity (Wildman–Crippen MR) is 84.6 cm³/mol. The Balaban J connectivity index is 2.19. The van der Waals surface area contributed by atoms with Crippen LogP contribution in [0.5, 0.6) is 11.5 Å². The van der Waals surface area contributed by atoms with E-state index in [2.05, 4.69) is 0 Å². The maximum absolute atomic E-state index is 11.7. The van der Waals surface area contributed by atoms with Crippen LogP contribution in [0.4, 0.5) is 0 Å². The van der Waals surface area contributed by atoms with E-state index in [1.807, 2.05) is 0 Å². The normalized spacial score (nSPS) is 13.5. The van der Waals surface area contributed by atoms with Crippen LogP contribution in [0.1, 0.15) is 25.8 Å². The van der Waals surface area contributed by atoms with Crippen LogP contribution in [0.3, 0.4) is 0 Å². The van der Waals surface area contributed by atoms with Gasteiger partial charge in [-0.1, -0.05) is 6.07 Å². The third-order valence-electron chi connectivity index (χ3n) is 3.25. The van der Waals surface area contributed by atoms with Gasteiger partial charge in [0.1, 0.15) is 11.5 Å². The number of rotatable bonds is 5. The molecule has 0 heterocycles. The quantitative estimate of drug-likeness (QED) is 0.467. The van der Waals surface area contributed by atoms with E-state index in [4.69, 9.17) is 9.47 Å². The first-order valence-electron chi connectivity index (χ1n) is 7.32. The highest BCUT2D eigenvalue weighted by molar-refractivity contribution is 6.17. The number of hydrogen-bond acceptors (Lipinski definition) is 6. The summed E-state index contributed by atoms with van der Waals surface area (Å²) < 4.78 is 10.1. The van der Waals surface area contributed by atoms with Crippen molar-refractivity contribution in [2.75, 3.05) is 0 Å². The summed E-state index contributed by atoms with van der Waals surface area (Å²) in [5.41, 5.74) is 1.07. The van der Waals surface area contributed by atoms with E-state index < -0.39 is 11.9 Å². The fourth-order valence-corrected chi connectivity index (χ4v) is 2.24. The van der Waals surface area contributed by atoms with Crippen LogP contribution in [0.25, 0.3) is 0 Å². The van der Waals surface area contributed by atoms with Crippen molar-refractivity contribution in [3.05, 3.63) is 47.6 Å². The first-order valence-corrected chi connectivity index (χ1v) is 7.32. The molecule has 0 amide bonds. The topological polar surface area (TPSA) is 86.7 Å². The number of hydrogen-bond donors (Lipinski definition) is 0. The molecule has 0 atom stereocenters. The molecule has 0 saturated heterocycles. The lowest BCUT2D eigenvalue weighted by Crippen LogP contribution is -2.10. The number of aryl methyl sites for hydroxylation is 1. The maximum Gasteiger partial charge on any atom is 0.308 e. The molecule has 0 spiro atoms. The van der Waals surface area contributed by atoms with Crippen molar-refractivity contribution < 1.29 is 28.7 Å². The van der Waals surface area contributed by atoms with Crippen molar-refractivity contribution in [1.82, 2.24) is 0 Å². The molecule has 1 aliphatic rings.